The molecule has 0 heterocycles. The van der Waals surface area contributed by atoms with Crippen LogP contribution in [0, 0.1) is 0 Å². The van der Waals surface area contributed by atoms with E-state index in [2.05, 4.69) is 5.32 Å². The molecule has 2 amide bonds. The van der Waals surface area contributed by atoms with E-state index < -0.39 is 46.2 Å². The van der Waals surface area contributed by atoms with Gasteiger partial charge in [-0.1, -0.05) is 42.3 Å². The molecule has 0 aromatic heterocycles. The molecule has 0 fully saturated rings. The fourth-order valence-corrected chi connectivity index (χ4v) is 4.71. The van der Waals surface area contributed by atoms with Crippen LogP contribution in [0.3, 0.4) is 0 Å². The van der Waals surface area contributed by atoms with Gasteiger partial charge in [0.2, 0.25) is 21.8 Å². The summed E-state index contributed by atoms with van der Waals surface area (Å²) in [6.07, 6.45) is -3.33. The lowest BCUT2D eigenvalue weighted by Gasteiger charge is -2.32. The van der Waals surface area contributed by atoms with Crippen LogP contribution in [0.1, 0.15) is 38.3 Å². The highest BCUT2D eigenvalue weighted by Crippen LogP contribution is 2.32. The molecular formula is C24H28Cl2F3N3O4S. The number of carbonyl (C=O) groups is 2. The molecule has 0 saturated heterocycles. The topological polar surface area (TPSA) is 86.8 Å². The summed E-state index contributed by atoms with van der Waals surface area (Å²) in [7, 11) is -4.20. The quantitative estimate of drug-likeness (QED) is 0.422. The Morgan fingerprint density at radius 1 is 1.05 bits per heavy atom. The smallest absolute Gasteiger partial charge is 0.352 e. The molecule has 0 aliphatic carbocycles. The molecule has 1 N–H and O–H groups in total. The summed E-state index contributed by atoms with van der Waals surface area (Å²) in [5, 5.41) is 3.20. The first-order valence-corrected chi connectivity index (χ1v) is 13.8. The maximum absolute atomic E-state index is 13.5. The Labute approximate surface area is 224 Å². The molecule has 204 valence electrons. The molecule has 37 heavy (non-hydrogen) atoms. The fraction of sp³-hybridized carbons (Fsp3) is 0.417. The van der Waals surface area contributed by atoms with Gasteiger partial charge in [0.15, 0.2) is 0 Å². The summed E-state index contributed by atoms with van der Waals surface area (Å²) in [6, 6.07) is 7.02. The van der Waals surface area contributed by atoms with Gasteiger partial charge in [-0.25, -0.2) is 8.42 Å². The van der Waals surface area contributed by atoms with Crippen LogP contribution in [-0.4, -0.2) is 50.0 Å². The van der Waals surface area contributed by atoms with Crippen LogP contribution in [-0.2, 0) is 32.3 Å². The van der Waals surface area contributed by atoms with Gasteiger partial charge < -0.3 is 10.2 Å². The molecule has 0 aliphatic heterocycles. The van der Waals surface area contributed by atoms with Gasteiger partial charge in [-0.15, -0.1) is 0 Å². The number of anilines is 1. The summed E-state index contributed by atoms with van der Waals surface area (Å²) >= 11 is 12.5. The van der Waals surface area contributed by atoms with Crippen molar-refractivity contribution < 1.29 is 31.2 Å². The molecule has 2 aromatic carbocycles. The van der Waals surface area contributed by atoms with E-state index in [1.807, 2.05) is 6.92 Å². The molecule has 0 unspecified atom stereocenters. The molecule has 2 atom stereocenters. The minimum atomic E-state index is -4.72. The van der Waals surface area contributed by atoms with Crippen molar-refractivity contribution in [2.24, 2.45) is 0 Å². The van der Waals surface area contributed by atoms with Gasteiger partial charge in [-0.2, -0.15) is 13.2 Å². The van der Waals surface area contributed by atoms with Crippen LogP contribution in [0.2, 0.25) is 10.0 Å². The van der Waals surface area contributed by atoms with E-state index in [0.717, 1.165) is 29.4 Å². The highest BCUT2D eigenvalue weighted by molar-refractivity contribution is 7.92. The molecule has 0 saturated carbocycles. The molecular weight excluding hydrogens is 554 g/mol. The minimum Gasteiger partial charge on any atom is -0.352 e. The number of rotatable bonds is 10. The predicted molar refractivity (Wildman–Crippen MR) is 138 cm³/mol. The highest BCUT2D eigenvalue weighted by atomic mass is 35.5. The first kappa shape index (κ1) is 30.7. The van der Waals surface area contributed by atoms with E-state index in [4.69, 9.17) is 23.2 Å². The number of nitrogens with zero attached hydrogens (tertiary/aromatic N) is 2. The molecule has 13 heteroatoms. The van der Waals surface area contributed by atoms with Crippen LogP contribution < -0.4 is 9.62 Å². The summed E-state index contributed by atoms with van der Waals surface area (Å²) in [5.41, 5.74) is -1.10. The van der Waals surface area contributed by atoms with Crippen LogP contribution in [0.25, 0.3) is 0 Å². The van der Waals surface area contributed by atoms with E-state index in [9.17, 15) is 31.2 Å². The Morgan fingerprint density at radius 3 is 2.14 bits per heavy atom. The molecule has 2 rings (SSSR count). The lowest BCUT2D eigenvalue weighted by atomic mass is 10.1. The number of benzene rings is 2. The zero-order valence-corrected chi connectivity index (χ0v) is 23.0. The van der Waals surface area contributed by atoms with E-state index in [-0.39, 0.29) is 28.3 Å². The third-order valence-electron chi connectivity index (χ3n) is 5.70. The number of sulfonamides is 1. The van der Waals surface area contributed by atoms with E-state index in [1.54, 1.807) is 25.1 Å². The van der Waals surface area contributed by atoms with Crippen LogP contribution >= 0.6 is 23.2 Å². The van der Waals surface area contributed by atoms with E-state index in [0.29, 0.717) is 22.4 Å². The molecule has 0 spiro atoms. The van der Waals surface area contributed by atoms with Crippen molar-refractivity contribution in [2.75, 3.05) is 17.1 Å². The fourth-order valence-electron chi connectivity index (χ4n) is 3.35. The molecule has 7 nitrogen and oxygen atoms in total. The molecule has 2 aromatic rings. The number of alkyl halides is 3. The van der Waals surface area contributed by atoms with Gasteiger partial charge in [0.25, 0.3) is 0 Å². The van der Waals surface area contributed by atoms with Crippen molar-refractivity contribution in [1.82, 2.24) is 10.2 Å². The molecule has 0 aliphatic rings. The zero-order chi connectivity index (χ0) is 28.1. The SMILES string of the molecule is CC[C@H](C)NC(=O)[C@@H](C)N(Cc1c(Cl)cccc1Cl)C(=O)CN(c1cccc(C(F)(F)F)c1)S(C)(=O)=O. The second-order valence-electron chi connectivity index (χ2n) is 8.53. The number of hydrogen-bond acceptors (Lipinski definition) is 4. The van der Waals surface area contributed by atoms with Gasteiger partial charge in [-0.3, -0.25) is 13.9 Å². The van der Waals surface area contributed by atoms with Gasteiger partial charge >= 0.3 is 6.18 Å². The number of carbonyl (C=O) groups excluding carboxylic acids is 2. The van der Waals surface area contributed by atoms with Crippen molar-refractivity contribution >= 4 is 50.7 Å². The summed E-state index contributed by atoms with van der Waals surface area (Å²) in [6.45, 7) is 3.99. The third-order valence-corrected chi connectivity index (χ3v) is 7.55. The van der Waals surface area contributed by atoms with Crippen molar-refractivity contribution in [3.05, 3.63) is 63.6 Å². The maximum Gasteiger partial charge on any atom is 0.416 e. The van der Waals surface area contributed by atoms with E-state index >= 15 is 0 Å². The Kier molecular flexibility index (Phi) is 10.3. The number of amides is 2. The maximum atomic E-state index is 13.5. The van der Waals surface area contributed by atoms with Gasteiger partial charge in [0.1, 0.15) is 12.6 Å². The van der Waals surface area contributed by atoms with Gasteiger partial charge in [0.05, 0.1) is 17.5 Å². The Bertz CT molecular complexity index is 1220. The Morgan fingerprint density at radius 2 is 1.62 bits per heavy atom. The van der Waals surface area contributed by atoms with Crippen molar-refractivity contribution in [3.63, 3.8) is 0 Å². The van der Waals surface area contributed by atoms with E-state index in [1.165, 1.54) is 6.92 Å². The van der Waals surface area contributed by atoms with Crippen molar-refractivity contribution in [1.29, 1.82) is 0 Å². The first-order chi connectivity index (χ1) is 17.1. The van der Waals surface area contributed by atoms with Crippen LogP contribution in [0.15, 0.2) is 42.5 Å². The standard InChI is InChI=1S/C24H28Cl2F3N3O4S/c1-5-15(2)30-23(34)16(3)31(13-19-20(25)10-7-11-21(19)26)22(33)14-32(37(4,35)36)18-9-6-8-17(12-18)24(27,28)29/h6-12,15-16H,5,13-14H2,1-4H3,(H,30,34)/t15-,16+/m0/s1. The third kappa shape index (κ3) is 8.24. The average molecular weight is 582 g/mol. The van der Waals surface area contributed by atoms with Gasteiger partial charge in [0, 0.05) is 28.2 Å². The minimum absolute atomic E-state index is 0.201. The summed E-state index contributed by atoms with van der Waals surface area (Å²) < 4.78 is 65.4. The average Bonchev–Trinajstić information content (AvgIpc) is 2.80. The lowest BCUT2D eigenvalue weighted by Crippen LogP contribution is -2.52. The lowest BCUT2D eigenvalue weighted by molar-refractivity contribution is -0.139. The molecule has 0 bridgehead atoms. The summed E-state index contributed by atoms with van der Waals surface area (Å²) in [4.78, 5) is 27.5. The first-order valence-electron chi connectivity index (χ1n) is 11.2. The van der Waals surface area contributed by atoms with Crippen LogP contribution in [0.5, 0.6) is 0 Å². The number of nitrogens with one attached hydrogen (secondary N) is 1. The predicted octanol–water partition coefficient (Wildman–Crippen LogP) is 5.11. The molecule has 0 radical (unpaired) electrons. The normalized spacial score (nSPS) is 13.5. The zero-order valence-electron chi connectivity index (χ0n) is 20.6. The monoisotopic (exact) mass is 581 g/mol. The van der Waals surface area contributed by atoms with Crippen molar-refractivity contribution in [3.8, 4) is 0 Å². The number of halogens is 5. The highest BCUT2D eigenvalue weighted by Gasteiger charge is 2.34. The summed E-state index contributed by atoms with van der Waals surface area (Å²) in [5.74, 6) is -1.35. The van der Waals surface area contributed by atoms with Crippen LogP contribution in [0.4, 0.5) is 18.9 Å². The Balaban J connectivity index is 2.50. The largest absolute Gasteiger partial charge is 0.416 e. The Hall–Kier alpha value is -2.50. The van der Waals surface area contributed by atoms with Crippen molar-refractivity contribution in [2.45, 2.75) is 52.0 Å². The second-order valence-corrected chi connectivity index (χ2v) is 11.3. The van der Waals surface area contributed by atoms with Gasteiger partial charge in [-0.05, 0) is 50.6 Å². The second kappa shape index (κ2) is 12.4. The number of hydrogen-bond donors (Lipinski definition) is 1.